The topological polar surface area (TPSA) is 43.4 Å². The zero-order valence-electron chi connectivity index (χ0n) is 6.85. The first-order valence-electron chi connectivity index (χ1n) is 3.36. The lowest BCUT2D eigenvalue weighted by atomic mass is 10.2. The maximum absolute atomic E-state index is 10.8. The number of hydrogen-bond acceptors (Lipinski definition) is 3. The molecule has 0 aromatic carbocycles. The number of rotatable bonds is 4. The molecule has 0 N–H and O–H groups in total. The summed E-state index contributed by atoms with van der Waals surface area (Å²) in [5.74, 6) is -0.425. The lowest BCUT2D eigenvalue weighted by molar-refractivity contribution is -0.141. The maximum Gasteiger partial charge on any atom is 0.302 e. The van der Waals surface area contributed by atoms with E-state index in [1.807, 2.05) is 0 Å². The van der Waals surface area contributed by atoms with E-state index >= 15 is 0 Å². The third kappa shape index (κ3) is 5.33. The van der Waals surface area contributed by atoms with Gasteiger partial charge in [-0.15, -0.1) is 0 Å². The van der Waals surface area contributed by atoms with Gasteiger partial charge in [-0.1, -0.05) is 6.58 Å². The molecule has 0 aliphatic rings. The van der Waals surface area contributed by atoms with Crippen LogP contribution in [0.25, 0.3) is 0 Å². The van der Waals surface area contributed by atoms with Gasteiger partial charge in [0.25, 0.3) is 0 Å². The van der Waals surface area contributed by atoms with Gasteiger partial charge in [-0.05, 0) is 12.5 Å². The van der Waals surface area contributed by atoms with E-state index in [-0.39, 0.29) is 24.8 Å². The molecule has 0 heterocycles. The summed E-state index contributed by atoms with van der Waals surface area (Å²) in [5.41, 5.74) is 0.497. The van der Waals surface area contributed by atoms with Gasteiger partial charge < -0.3 is 4.74 Å². The molecule has 3 nitrogen and oxygen atoms in total. The van der Waals surface area contributed by atoms with Crippen molar-refractivity contribution in [2.24, 2.45) is 0 Å². The number of carbonyl (C=O) groups is 2. The number of carbonyl (C=O) groups excluding carboxylic acids is 2. The van der Waals surface area contributed by atoms with Gasteiger partial charge in [0.05, 0.1) is 6.61 Å². The fourth-order valence-corrected chi connectivity index (χ4v) is 0.501. The predicted octanol–water partition coefficient (Wildman–Crippen LogP) is 1.08. The van der Waals surface area contributed by atoms with Gasteiger partial charge in [0.1, 0.15) is 0 Å². The van der Waals surface area contributed by atoms with E-state index in [4.69, 9.17) is 0 Å². The van der Waals surface area contributed by atoms with Gasteiger partial charge in [0, 0.05) is 13.3 Å². The lowest BCUT2D eigenvalue weighted by Crippen LogP contribution is -2.07. The quantitative estimate of drug-likeness (QED) is 0.452. The van der Waals surface area contributed by atoms with Crippen LogP contribution in [0.2, 0.25) is 0 Å². The Bertz CT molecular complexity index is 182. The predicted molar refractivity (Wildman–Crippen MR) is 41.1 cm³/mol. The van der Waals surface area contributed by atoms with E-state index in [1.165, 1.54) is 6.92 Å². The van der Waals surface area contributed by atoms with Crippen LogP contribution in [0.15, 0.2) is 12.2 Å². The molecule has 11 heavy (non-hydrogen) atoms. The average Bonchev–Trinajstić information content (AvgIpc) is 1.86. The minimum absolute atomic E-state index is 0.0637. The highest BCUT2D eigenvalue weighted by molar-refractivity contribution is 5.94. The van der Waals surface area contributed by atoms with Crippen LogP contribution >= 0.6 is 0 Å². The van der Waals surface area contributed by atoms with Gasteiger partial charge in [0.2, 0.25) is 0 Å². The Morgan fingerprint density at radius 3 is 2.27 bits per heavy atom. The molecule has 0 aromatic rings. The highest BCUT2D eigenvalue weighted by Gasteiger charge is 2.02. The molecule has 0 radical (unpaired) electrons. The monoisotopic (exact) mass is 156 g/mol. The van der Waals surface area contributed by atoms with Gasteiger partial charge in [-0.3, -0.25) is 9.59 Å². The van der Waals surface area contributed by atoms with E-state index in [9.17, 15) is 9.59 Å². The molecule has 0 fully saturated rings. The SMILES string of the molecule is C=C(C)C(=O)CCOC(C)=O. The van der Waals surface area contributed by atoms with Crippen LogP contribution in [0.4, 0.5) is 0 Å². The van der Waals surface area contributed by atoms with E-state index in [1.54, 1.807) is 6.92 Å². The molecular formula is C8H12O3. The van der Waals surface area contributed by atoms with Crippen LogP contribution in [0.1, 0.15) is 20.3 Å². The highest BCUT2D eigenvalue weighted by atomic mass is 16.5. The summed E-state index contributed by atoms with van der Waals surface area (Å²) in [4.78, 5) is 21.1. The Kier molecular flexibility index (Phi) is 4.18. The smallest absolute Gasteiger partial charge is 0.302 e. The summed E-state index contributed by atoms with van der Waals surface area (Å²) >= 11 is 0. The average molecular weight is 156 g/mol. The molecule has 0 aromatic heterocycles. The third-order valence-corrected chi connectivity index (χ3v) is 1.11. The molecule has 62 valence electrons. The molecule has 0 unspecified atom stereocenters. The Hall–Kier alpha value is -1.12. The molecule has 0 aliphatic heterocycles. The first-order valence-corrected chi connectivity index (χ1v) is 3.36. The molecule has 0 saturated heterocycles. The molecule has 0 bridgehead atoms. The fourth-order valence-electron chi connectivity index (χ4n) is 0.501. The molecule has 0 atom stereocenters. The molecule has 0 saturated carbocycles. The molecule has 0 spiro atoms. The lowest BCUT2D eigenvalue weighted by Gasteiger charge is -1.99. The Morgan fingerprint density at radius 2 is 1.91 bits per heavy atom. The second kappa shape index (κ2) is 4.66. The number of allylic oxidation sites excluding steroid dienone is 1. The number of ether oxygens (including phenoxy) is 1. The number of esters is 1. The number of hydrogen-bond donors (Lipinski definition) is 0. The molecule has 0 rings (SSSR count). The summed E-state index contributed by atoms with van der Waals surface area (Å²) in [6.07, 6.45) is 0.231. The van der Waals surface area contributed by atoms with Gasteiger partial charge in [-0.25, -0.2) is 0 Å². The summed E-state index contributed by atoms with van der Waals surface area (Å²) < 4.78 is 4.56. The molecular weight excluding hydrogens is 144 g/mol. The highest BCUT2D eigenvalue weighted by Crippen LogP contribution is 1.95. The summed E-state index contributed by atoms with van der Waals surface area (Å²) in [7, 11) is 0. The van der Waals surface area contributed by atoms with Crippen molar-refractivity contribution in [2.45, 2.75) is 20.3 Å². The van der Waals surface area contributed by atoms with Crippen molar-refractivity contribution < 1.29 is 14.3 Å². The summed E-state index contributed by atoms with van der Waals surface area (Å²) in [6, 6.07) is 0. The van der Waals surface area contributed by atoms with E-state index in [2.05, 4.69) is 11.3 Å². The van der Waals surface area contributed by atoms with Crippen molar-refractivity contribution in [3.63, 3.8) is 0 Å². The normalized spacial score (nSPS) is 8.91. The van der Waals surface area contributed by atoms with Gasteiger partial charge >= 0.3 is 5.97 Å². The Labute approximate surface area is 66.0 Å². The first kappa shape index (κ1) is 9.88. The van der Waals surface area contributed by atoms with Crippen molar-refractivity contribution in [3.05, 3.63) is 12.2 Å². The number of Topliss-reactive ketones (excluding diaryl/α,β-unsaturated/α-hetero) is 1. The van der Waals surface area contributed by atoms with Crippen molar-refractivity contribution in [3.8, 4) is 0 Å². The van der Waals surface area contributed by atoms with Crippen LogP contribution in [0.3, 0.4) is 0 Å². The zero-order chi connectivity index (χ0) is 8.85. The van der Waals surface area contributed by atoms with Crippen molar-refractivity contribution in [1.29, 1.82) is 0 Å². The van der Waals surface area contributed by atoms with Crippen molar-refractivity contribution in [1.82, 2.24) is 0 Å². The number of ketones is 1. The van der Waals surface area contributed by atoms with Crippen LogP contribution in [-0.2, 0) is 14.3 Å². The summed E-state index contributed by atoms with van der Waals surface area (Å²) in [6.45, 7) is 6.56. The minimum Gasteiger partial charge on any atom is -0.465 e. The molecule has 0 aliphatic carbocycles. The Morgan fingerprint density at radius 1 is 1.36 bits per heavy atom. The first-order chi connectivity index (χ1) is 5.04. The van der Waals surface area contributed by atoms with Gasteiger partial charge in [-0.2, -0.15) is 0 Å². The third-order valence-electron chi connectivity index (χ3n) is 1.11. The van der Waals surface area contributed by atoms with Crippen molar-refractivity contribution in [2.75, 3.05) is 6.61 Å². The van der Waals surface area contributed by atoms with Crippen LogP contribution in [-0.4, -0.2) is 18.4 Å². The largest absolute Gasteiger partial charge is 0.465 e. The van der Waals surface area contributed by atoms with E-state index < -0.39 is 0 Å². The minimum atomic E-state index is -0.362. The van der Waals surface area contributed by atoms with E-state index in [0.717, 1.165) is 0 Å². The molecule has 3 heteroatoms. The van der Waals surface area contributed by atoms with Crippen LogP contribution in [0.5, 0.6) is 0 Å². The Balaban J connectivity index is 3.47. The standard InChI is InChI=1S/C8H12O3/c1-6(2)8(10)4-5-11-7(3)9/h1,4-5H2,2-3H3. The summed E-state index contributed by atoms with van der Waals surface area (Å²) in [5, 5.41) is 0. The van der Waals surface area contributed by atoms with E-state index in [0.29, 0.717) is 5.57 Å². The van der Waals surface area contributed by atoms with Crippen molar-refractivity contribution >= 4 is 11.8 Å². The van der Waals surface area contributed by atoms with Crippen LogP contribution < -0.4 is 0 Å². The second-order valence-electron chi connectivity index (χ2n) is 2.29. The second-order valence-corrected chi connectivity index (χ2v) is 2.29. The van der Waals surface area contributed by atoms with Crippen LogP contribution in [0, 0.1) is 0 Å². The molecule has 0 amide bonds. The van der Waals surface area contributed by atoms with Gasteiger partial charge in [0.15, 0.2) is 5.78 Å². The maximum atomic E-state index is 10.8. The fraction of sp³-hybridized carbons (Fsp3) is 0.500. The zero-order valence-corrected chi connectivity index (χ0v) is 6.85.